The fourth-order valence-electron chi connectivity index (χ4n) is 1.88. The van der Waals surface area contributed by atoms with Crippen LogP contribution < -0.4 is 14.8 Å². The van der Waals surface area contributed by atoms with Gasteiger partial charge in [0, 0.05) is 22.8 Å². The number of nitrogens with one attached hydrogen (secondary N) is 1. The normalized spacial score (nSPS) is 10.2. The molecule has 2 aromatic rings. The number of benzene rings is 2. The van der Waals surface area contributed by atoms with Crippen molar-refractivity contribution in [3.05, 3.63) is 52.0 Å². The Kier molecular flexibility index (Phi) is 4.90. The number of hydrogen-bond acceptors (Lipinski definition) is 3. The lowest BCUT2D eigenvalue weighted by atomic mass is 10.2. The molecule has 2 rings (SSSR count). The highest BCUT2D eigenvalue weighted by Crippen LogP contribution is 2.24. The SMILES string of the molecule is COc1cc(CNc2ccc(C)c(Br)c2)cc(OC)c1. The van der Waals surface area contributed by atoms with Gasteiger partial charge in [0.1, 0.15) is 11.5 Å². The number of rotatable bonds is 5. The predicted octanol–water partition coefficient (Wildman–Crippen LogP) is 4.39. The van der Waals surface area contributed by atoms with Crippen molar-refractivity contribution in [3.63, 3.8) is 0 Å². The zero-order chi connectivity index (χ0) is 14.5. The summed E-state index contributed by atoms with van der Waals surface area (Å²) in [7, 11) is 3.31. The van der Waals surface area contributed by atoms with Crippen molar-refractivity contribution in [2.75, 3.05) is 19.5 Å². The number of anilines is 1. The molecule has 3 nitrogen and oxygen atoms in total. The quantitative estimate of drug-likeness (QED) is 0.879. The summed E-state index contributed by atoms with van der Waals surface area (Å²) >= 11 is 3.54. The number of hydrogen-bond donors (Lipinski definition) is 1. The van der Waals surface area contributed by atoms with E-state index < -0.39 is 0 Å². The molecule has 0 aromatic heterocycles. The van der Waals surface area contributed by atoms with Gasteiger partial charge in [-0.25, -0.2) is 0 Å². The van der Waals surface area contributed by atoms with Crippen molar-refractivity contribution < 1.29 is 9.47 Å². The van der Waals surface area contributed by atoms with Crippen LogP contribution in [0, 0.1) is 6.92 Å². The molecule has 0 atom stereocenters. The van der Waals surface area contributed by atoms with E-state index in [1.54, 1.807) is 14.2 Å². The van der Waals surface area contributed by atoms with Gasteiger partial charge in [-0.15, -0.1) is 0 Å². The van der Waals surface area contributed by atoms with E-state index in [0.29, 0.717) is 6.54 Å². The van der Waals surface area contributed by atoms with Gasteiger partial charge in [-0.2, -0.15) is 0 Å². The monoisotopic (exact) mass is 335 g/mol. The van der Waals surface area contributed by atoms with Crippen molar-refractivity contribution in [2.45, 2.75) is 13.5 Å². The van der Waals surface area contributed by atoms with Crippen LogP contribution in [0.2, 0.25) is 0 Å². The zero-order valence-electron chi connectivity index (χ0n) is 11.9. The molecule has 1 N–H and O–H groups in total. The largest absolute Gasteiger partial charge is 0.497 e. The lowest BCUT2D eigenvalue weighted by molar-refractivity contribution is 0.393. The summed E-state index contributed by atoms with van der Waals surface area (Å²) in [5.74, 6) is 1.59. The van der Waals surface area contributed by atoms with Crippen molar-refractivity contribution >= 4 is 21.6 Å². The number of halogens is 1. The van der Waals surface area contributed by atoms with E-state index in [4.69, 9.17) is 9.47 Å². The van der Waals surface area contributed by atoms with Crippen molar-refractivity contribution in [1.82, 2.24) is 0 Å². The molecule has 0 aliphatic heterocycles. The molecule has 0 amide bonds. The smallest absolute Gasteiger partial charge is 0.122 e. The molecule has 0 aliphatic carbocycles. The minimum absolute atomic E-state index is 0.711. The summed E-state index contributed by atoms with van der Waals surface area (Å²) < 4.78 is 11.6. The summed E-state index contributed by atoms with van der Waals surface area (Å²) in [6, 6.07) is 12.1. The van der Waals surface area contributed by atoms with Crippen LogP contribution in [-0.4, -0.2) is 14.2 Å². The van der Waals surface area contributed by atoms with Crippen molar-refractivity contribution in [1.29, 1.82) is 0 Å². The summed E-state index contributed by atoms with van der Waals surface area (Å²) in [6.45, 7) is 2.78. The maximum absolute atomic E-state index is 5.27. The molecule has 0 aliphatic rings. The third kappa shape index (κ3) is 3.67. The minimum Gasteiger partial charge on any atom is -0.497 e. The lowest BCUT2D eigenvalue weighted by Crippen LogP contribution is -2.00. The van der Waals surface area contributed by atoms with Gasteiger partial charge in [-0.3, -0.25) is 0 Å². The summed E-state index contributed by atoms with van der Waals surface area (Å²) in [4.78, 5) is 0. The molecule has 0 spiro atoms. The molecule has 0 unspecified atom stereocenters. The molecule has 20 heavy (non-hydrogen) atoms. The molecule has 0 saturated carbocycles. The number of aryl methyl sites for hydroxylation is 1. The number of methoxy groups -OCH3 is 2. The molecular weight excluding hydrogens is 318 g/mol. The van der Waals surface area contributed by atoms with Gasteiger partial charge in [0.2, 0.25) is 0 Å². The zero-order valence-corrected chi connectivity index (χ0v) is 13.5. The van der Waals surface area contributed by atoms with Crippen molar-refractivity contribution in [2.24, 2.45) is 0 Å². The van der Waals surface area contributed by atoms with Crippen LogP contribution in [-0.2, 0) is 6.54 Å². The molecule has 0 fully saturated rings. The maximum atomic E-state index is 5.27. The highest BCUT2D eigenvalue weighted by molar-refractivity contribution is 9.10. The first-order valence-corrected chi connectivity index (χ1v) is 7.13. The Labute approximate surface area is 128 Å². The Hall–Kier alpha value is -1.68. The molecule has 4 heteroatoms. The highest BCUT2D eigenvalue weighted by Gasteiger charge is 2.03. The van der Waals surface area contributed by atoms with E-state index in [1.807, 2.05) is 18.2 Å². The summed E-state index contributed by atoms with van der Waals surface area (Å²) in [5.41, 5.74) is 3.40. The van der Waals surface area contributed by atoms with Gasteiger partial charge in [0.15, 0.2) is 0 Å². The number of ether oxygens (including phenoxy) is 2. The highest BCUT2D eigenvalue weighted by atomic mass is 79.9. The maximum Gasteiger partial charge on any atom is 0.122 e. The Balaban J connectivity index is 2.11. The first-order valence-electron chi connectivity index (χ1n) is 6.34. The fourth-order valence-corrected chi connectivity index (χ4v) is 2.25. The molecule has 0 saturated heterocycles. The van der Waals surface area contributed by atoms with Gasteiger partial charge >= 0.3 is 0 Å². The second-order valence-electron chi connectivity index (χ2n) is 4.54. The first kappa shape index (κ1) is 14.7. The van der Waals surface area contributed by atoms with Crippen molar-refractivity contribution in [3.8, 4) is 11.5 Å². The predicted molar refractivity (Wildman–Crippen MR) is 85.8 cm³/mol. The fraction of sp³-hybridized carbons (Fsp3) is 0.250. The summed E-state index contributed by atoms with van der Waals surface area (Å²) in [6.07, 6.45) is 0. The molecular formula is C16H18BrNO2. The van der Waals surface area contributed by atoms with Gasteiger partial charge < -0.3 is 14.8 Å². The van der Waals surface area contributed by atoms with Gasteiger partial charge in [-0.1, -0.05) is 22.0 Å². The van der Waals surface area contributed by atoms with E-state index in [0.717, 1.165) is 27.2 Å². The average molecular weight is 336 g/mol. The second kappa shape index (κ2) is 6.66. The molecule has 106 valence electrons. The molecule has 0 radical (unpaired) electrons. The van der Waals surface area contributed by atoms with Crippen LogP contribution in [0.4, 0.5) is 5.69 Å². The second-order valence-corrected chi connectivity index (χ2v) is 5.39. The van der Waals surface area contributed by atoms with Crippen LogP contribution in [0.15, 0.2) is 40.9 Å². The van der Waals surface area contributed by atoms with Gasteiger partial charge in [0.05, 0.1) is 14.2 Å². The van der Waals surface area contributed by atoms with Crippen LogP contribution in [0.1, 0.15) is 11.1 Å². The Morgan fingerprint density at radius 1 is 1.00 bits per heavy atom. The van der Waals surface area contributed by atoms with E-state index >= 15 is 0 Å². The van der Waals surface area contributed by atoms with E-state index in [9.17, 15) is 0 Å². The molecule has 0 heterocycles. The standard InChI is InChI=1S/C16H18BrNO2/c1-11-4-5-13(8-16(11)17)18-10-12-6-14(19-2)9-15(7-12)20-3/h4-9,18H,10H2,1-3H3. The third-order valence-corrected chi connectivity index (χ3v) is 3.93. The van der Waals surface area contributed by atoms with Crippen LogP contribution in [0.25, 0.3) is 0 Å². The lowest BCUT2D eigenvalue weighted by Gasteiger charge is -2.11. The Morgan fingerprint density at radius 2 is 1.65 bits per heavy atom. The van der Waals surface area contributed by atoms with Crippen LogP contribution in [0.3, 0.4) is 0 Å². The van der Waals surface area contributed by atoms with Gasteiger partial charge in [0.25, 0.3) is 0 Å². The first-order chi connectivity index (χ1) is 9.62. The Morgan fingerprint density at radius 3 is 2.20 bits per heavy atom. The Bertz CT molecular complexity index is 577. The van der Waals surface area contributed by atoms with Crippen LogP contribution in [0.5, 0.6) is 11.5 Å². The average Bonchev–Trinajstić information content (AvgIpc) is 2.48. The van der Waals surface area contributed by atoms with Crippen LogP contribution >= 0.6 is 15.9 Å². The van der Waals surface area contributed by atoms with E-state index in [2.05, 4.69) is 46.4 Å². The molecule has 0 bridgehead atoms. The topological polar surface area (TPSA) is 30.5 Å². The van der Waals surface area contributed by atoms with Gasteiger partial charge in [-0.05, 0) is 42.3 Å². The summed E-state index contributed by atoms with van der Waals surface area (Å²) in [5, 5.41) is 3.39. The minimum atomic E-state index is 0.711. The molecule has 2 aromatic carbocycles. The third-order valence-electron chi connectivity index (χ3n) is 3.08. The van der Waals surface area contributed by atoms with E-state index in [1.165, 1.54) is 5.56 Å². The van der Waals surface area contributed by atoms with E-state index in [-0.39, 0.29) is 0 Å².